The van der Waals surface area contributed by atoms with Crippen molar-refractivity contribution in [1.82, 2.24) is 15.5 Å². The molecule has 23 heavy (non-hydrogen) atoms. The minimum Gasteiger partial charge on any atom is -0.482 e. The number of rotatable bonds is 3. The number of hydrogen-bond acceptors (Lipinski definition) is 4. The van der Waals surface area contributed by atoms with E-state index in [-0.39, 0.29) is 24.5 Å². The Morgan fingerprint density at radius 2 is 2.17 bits per heavy atom. The number of aromatic nitrogens is 2. The third-order valence-corrected chi connectivity index (χ3v) is 3.84. The van der Waals surface area contributed by atoms with E-state index in [1.54, 1.807) is 18.2 Å². The van der Waals surface area contributed by atoms with Crippen LogP contribution < -0.4 is 15.4 Å². The second kappa shape index (κ2) is 5.75. The van der Waals surface area contributed by atoms with Gasteiger partial charge in [-0.25, -0.2) is 0 Å². The average molecular weight is 314 g/mol. The van der Waals surface area contributed by atoms with Gasteiger partial charge in [0.2, 0.25) is 0 Å². The van der Waals surface area contributed by atoms with Crippen molar-refractivity contribution in [1.29, 1.82) is 0 Å². The van der Waals surface area contributed by atoms with E-state index in [4.69, 9.17) is 4.74 Å². The Balaban J connectivity index is 1.77. The van der Waals surface area contributed by atoms with Crippen LogP contribution >= 0.6 is 0 Å². The molecule has 1 aromatic heterocycles. The number of nitrogens with one attached hydrogen (secondary N) is 3. The van der Waals surface area contributed by atoms with E-state index in [1.807, 2.05) is 20.8 Å². The van der Waals surface area contributed by atoms with E-state index in [0.29, 0.717) is 17.0 Å². The van der Waals surface area contributed by atoms with Gasteiger partial charge in [-0.2, -0.15) is 5.10 Å². The molecule has 0 bridgehead atoms. The number of aromatic amines is 1. The molecule has 120 valence electrons. The zero-order valence-corrected chi connectivity index (χ0v) is 13.2. The summed E-state index contributed by atoms with van der Waals surface area (Å²) in [6.07, 6.45) is 0. The number of anilines is 1. The maximum Gasteiger partial charge on any atom is 0.262 e. The topological polar surface area (TPSA) is 96.1 Å². The lowest BCUT2D eigenvalue weighted by Crippen LogP contribution is -2.28. The fourth-order valence-electron chi connectivity index (χ4n) is 2.77. The van der Waals surface area contributed by atoms with Crippen LogP contribution in [-0.4, -0.2) is 28.6 Å². The molecule has 1 aliphatic heterocycles. The molecular weight excluding hydrogens is 296 g/mol. The van der Waals surface area contributed by atoms with Gasteiger partial charge in [0.15, 0.2) is 6.61 Å². The van der Waals surface area contributed by atoms with Crippen LogP contribution in [0.25, 0.3) is 0 Å². The highest BCUT2D eigenvalue weighted by atomic mass is 16.5. The number of carbonyl (C=O) groups excluding carboxylic acids is 2. The van der Waals surface area contributed by atoms with E-state index >= 15 is 0 Å². The molecule has 0 saturated heterocycles. The average Bonchev–Trinajstić information content (AvgIpc) is 2.85. The number of nitrogens with zero attached hydrogens (tertiary/aromatic N) is 1. The smallest absolute Gasteiger partial charge is 0.262 e. The lowest BCUT2D eigenvalue weighted by atomic mass is 10.1. The molecule has 2 aromatic rings. The van der Waals surface area contributed by atoms with Crippen LogP contribution in [0, 0.1) is 13.8 Å². The van der Waals surface area contributed by atoms with E-state index in [9.17, 15) is 9.59 Å². The van der Waals surface area contributed by atoms with Crippen molar-refractivity contribution in [3.8, 4) is 5.75 Å². The van der Waals surface area contributed by atoms with Crippen LogP contribution in [0.3, 0.4) is 0 Å². The number of aryl methyl sites for hydroxylation is 2. The Hall–Kier alpha value is -2.83. The number of carbonyl (C=O) groups is 2. The summed E-state index contributed by atoms with van der Waals surface area (Å²) in [5.74, 6) is 0.0932. The maximum absolute atomic E-state index is 12.4. The minimum absolute atomic E-state index is 0.0398. The van der Waals surface area contributed by atoms with Crippen LogP contribution in [0.5, 0.6) is 5.75 Å². The highest BCUT2D eigenvalue weighted by Crippen LogP contribution is 2.29. The highest BCUT2D eigenvalue weighted by Gasteiger charge is 2.20. The molecule has 3 rings (SSSR count). The van der Waals surface area contributed by atoms with E-state index in [0.717, 1.165) is 17.0 Å². The predicted octanol–water partition coefficient (Wildman–Crippen LogP) is 1.85. The molecular formula is C16H18N4O3. The molecule has 7 heteroatoms. The molecule has 1 aliphatic rings. The van der Waals surface area contributed by atoms with Gasteiger partial charge in [-0.05, 0) is 39.0 Å². The fraction of sp³-hybridized carbons (Fsp3) is 0.312. The summed E-state index contributed by atoms with van der Waals surface area (Å²) >= 11 is 0. The van der Waals surface area contributed by atoms with Crippen LogP contribution in [0.2, 0.25) is 0 Å². The van der Waals surface area contributed by atoms with Gasteiger partial charge >= 0.3 is 0 Å². The van der Waals surface area contributed by atoms with E-state index in [1.165, 1.54) is 0 Å². The third-order valence-electron chi connectivity index (χ3n) is 3.84. The minimum atomic E-state index is -0.208. The number of H-pyrrole nitrogens is 1. The summed E-state index contributed by atoms with van der Waals surface area (Å²) in [6, 6.07) is 4.79. The molecule has 1 atom stereocenters. The molecule has 0 saturated carbocycles. The molecule has 0 radical (unpaired) electrons. The Morgan fingerprint density at radius 1 is 1.39 bits per heavy atom. The first-order valence-electron chi connectivity index (χ1n) is 7.34. The summed E-state index contributed by atoms with van der Waals surface area (Å²) in [5, 5.41) is 12.7. The van der Waals surface area contributed by atoms with Gasteiger partial charge < -0.3 is 15.4 Å². The summed E-state index contributed by atoms with van der Waals surface area (Å²) in [7, 11) is 0. The van der Waals surface area contributed by atoms with Crippen LogP contribution in [0.15, 0.2) is 18.2 Å². The van der Waals surface area contributed by atoms with Crippen molar-refractivity contribution >= 4 is 17.5 Å². The number of benzene rings is 1. The summed E-state index contributed by atoms with van der Waals surface area (Å²) in [4.78, 5) is 23.7. The molecule has 1 aromatic carbocycles. The SMILES string of the molecule is Cc1n[nH]c(C)c1C(C)NC(=O)c1ccc2c(c1)OCC(=O)N2. The fourth-order valence-corrected chi connectivity index (χ4v) is 2.77. The molecule has 7 nitrogen and oxygen atoms in total. The van der Waals surface area contributed by atoms with Crippen molar-refractivity contribution in [3.63, 3.8) is 0 Å². The van der Waals surface area contributed by atoms with Gasteiger partial charge in [-0.3, -0.25) is 14.7 Å². The molecule has 2 heterocycles. The van der Waals surface area contributed by atoms with Gasteiger partial charge in [0.05, 0.1) is 17.4 Å². The Morgan fingerprint density at radius 3 is 2.87 bits per heavy atom. The largest absolute Gasteiger partial charge is 0.482 e. The van der Waals surface area contributed by atoms with Gasteiger partial charge in [0.1, 0.15) is 5.75 Å². The second-order valence-corrected chi connectivity index (χ2v) is 5.59. The molecule has 2 amide bonds. The van der Waals surface area contributed by atoms with Gasteiger partial charge in [-0.1, -0.05) is 0 Å². The Labute approximate surface area is 133 Å². The quantitative estimate of drug-likeness (QED) is 0.805. The number of fused-ring (bicyclic) bond motifs is 1. The van der Waals surface area contributed by atoms with Crippen LogP contribution in [0.1, 0.15) is 40.3 Å². The van der Waals surface area contributed by atoms with Gasteiger partial charge in [0, 0.05) is 16.8 Å². The first kappa shape index (κ1) is 15.1. The first-order valence-corrected chi connectivity index (χ1v) is 7.34. The highest BCUT2D eigenvalue weighted by molar-refractivity contribution is 5.99. The summed E-state index contributed by atoms with van der Waals surface area (Å²) in [6.45, 7) is 5.70. The molecule has 3 N–H and O–H groups in total. The molecule has 0 spiro atoms. The van der Waals surface area contributed by atoms with Crippen molar-refractivity contribution in [2.75, 3.05) is 11.9 Å². The van der Waals surface area contributed by atoms with Crippen molar-refractivity contribution in [2.24, 2.45) is 0 Å². The standard InChI is InChI=1S/C16H18N4O3/c1-8(15-9(2)19-20-10(15)3)17-16(22)11-4-5-12-13(6-11)23-7-14(21)18-12/h4-6,8H,7H2,1-3H3,(H,17,22)(H,18,21)(H,19,20). The zero-order valence-electron chi connectivity index (χ0n) is 13.2. The van der Waals surface area contributed by atoms with Crippen LogP contribution in [0.4, 0.5) is 5.69 Å². The van der Waals surface area contributed by atoms with Crippen LogP contribution in [-0.2, 0) is 4.79 Å². The Bertz CT molecular complexity index is 762. The Kier molecular flexibility index (Phi) is 3.77. The normalized spacial score (nSPS) is 14.5. The van der Waals surface area contributed by atoms with Crippen molar-refractivity contribution in [2.45, 2.75) is 26.8 Å². The van der Waals surface area contributed by atoms with E-state index < -0.39 is 0 Å². The van der Waals surface area contributed by atoms with Crippen molar-refractivity contribution < 1.29 is 14.3 Å². The third kappa shape index (κ3) is 2.90. The zero-order chi connectivity index (χ0) is 16.6. The van der Waals surface area contributed by atoms with Crippen molar-refractivity contribution in [3.05, 3.63) is 40.7 Å². The summed E-state index contributed by atoms with van der Waals surface area (Å²) in [5.41, 5.74) is 3.84. The van der Waals surface area contributed by atoms with E-state index in [2.05, 4.69) is 20.8 Å². The predicted molar refractivity (Wildman–Crippen MR) is 84.5 cm³/mol. The lowest BCUT2D eigenvalue weighted by Gasteiger charge is -2.19. The molecule has 1 unspecified atom stereocenters. The van der Waals surface area contributed by atoms with Gasteiger partial charge in [0.25, 0.3) is 11.8 Å². The molecule has 0 fully saturated rings. The number of hydrogen-bond donors (Lipinski definition) is 3. The first-order chi connectivity index (χ1) is 11.0. The summed E-state index contributed by atoms with van der Waals surface area (Å²) < 4.78 is 5.33. The second-order valence-electron chi connectivity index (χ2n) is 5.59. The van der Waals surface area contributed by atoms with Gasteiger partial charge in [-0.15, -0.1) is 0 Å². The monoisotopic (exact) mass is 314 g/mol. The molecule has 0 aliphatic carbocycles. The maximum atomic E-state index is 12.4. The number of amides is 2. The lowest BCUT2D eigenvalue weighted by molar-refractivity contribution is -0.118. The number of ether oxygens (including phenoxy) is 1.